The van der Waals surface area contributed by atoms with Crippen molar-refractivity contribution in [3.8, 4) is 0 Å². The third kappa shape index (κ3) is 4.32. The number of carboxylic acid groups (broad SMARTS) is 1. The van der Waals surface area contributed by atoms with E-state index in [0.717, 1.165) is 36.8 Å². The first-order valence-corrected chi connectivity index (χ1v) is 8.26. The van der Waals surface area contributed by atoms with Crippen LogP contribution in [0.1, 0.15) is 43.2 Å². The maximum absolute atomic E-state index is 12.7. The van der Waals surface area contributed by atoms with E-state index >= 15 is 0 Å². The molecule has 1 fully saturated rings. The number of aliphatic carboxylic acids is 1. The van der Waals surface area contributed by atoms with Crippen molar-refractivity contribution in [2.24, 2.45) is 11.1 Å². The van der Waals surface area contributed by atoms with Gasteiger partial charge in [-0.1, -0.05) is 42.7 Å². The number of benzene rings is 1. The number of carbonyl (C=O) groups is 2. The molecule has 0 aromatic heterocycles. The van der Waals surface area contributed by atoms with E-state index in [-0.39, 0.29) is 5.91 Å². The van der Waals surface area contributed by atoms with E-state index in [9.17, 15) is 14.7 Å². The van der Waals surface area contributed by atoms with E-state index in [4.69, 9.17) is 5.73 Å². The van der Waals surface area contributed by atoms with Crippen LogP contribution in [0.25, 0.3) is 0 Å². The summed E-state index contributed by atoms with van der Waals surface area (Å²) >= 11 is 0. The average Bonchev–Trinajstić information content (AvgIpc) is 2.99. The molecule has 23 heavy (non-hydrogen) atoms. The Kier molecular flexibility index (Phi) is 5.77. The summed E-state index contributed by atoms with van der Waals surface area (Å²) in [6.45, 7) is 2.43. The third-order valence-corrected chi connectivity index (χ3v) is 4.83. The zero-order valence-corrected chi connectivity index (χ0v) is 13.7. The van der Waals surface area contributed by atoms with Crippen LogP contribution in [0.3, 0.4) is 0 Å². The van der Waals surface area contributed by atoms with Gasteiger partial charge in [0.2, 0.25) is 5.91 Å². The van der Waals surface area contributed by atoms with Gasteiger partial charge in [-0.15, -0.1) is 0 Å². The summed E-state index contributed by atoms with van der Waals surface area (Å²) in [6, 6.07) is 6.80. The fraction of sp³-hybridized carbons (Fsp3) is 0.556. The Balaban J connectivity index is 2.07. The Hall–Kier alpha value is -1.88. The van der Waals surface area contributed by atoms with Crippen molar-refractivity contribution < 1.29 is 14.7 Å². The second kappa shape index (κ2) is 7.59. The molecule has 1 atom stereocenters. The largest absolute Gasteiger partial charge is 0.480 e. The monoisotopic (exact) mass is 318 g/mol. The Morgan fingerprint density at radius 2 is 1.87 bits per heavy atom. The van der Waals surface area contributed by atoms with Gasteiger partial charge >= 0.3 is 5.97 Å². The molecular formula is C18H26N2O3. The number of carbonyl (C=O) groups excluding carboxylic acids is 1. The van der Waals surface area contributed by atoms with E-state index in [2.05, 4.69) is 5.32 Å². The first-order chi connectivity index (χ1) is 11.0. The number of amides is 1. The lowest BCUT2D eigenvalue weighted by molar-refractivity contribution is -0.144. The highest BCUT2D eigenvalue weighted by Crippen LogP contribution is 2.41. The molecule has 2 rings (SSSR count). The van der Waals surface area contributed by atoms with E-state index in [1.807, 2.05) is 31.2 Å². The van der Waals surface area contributed by atoms with E-state index in [1.165, 1.54) is 0 Å². The highest BCUT2D eigenvalue weighted by molar-refractivity contribution is 5.87. The standard InChI is InChI=1S/C18H26N2O3/c1-13-4-6-14(7-5-13)12-15(16(21)22)20-17(23)18(10-11-19)8-2-3-9-18/h4-7,15H,2-3,8-12,19H2,1H3,(H,20,23)(H,21,22). The van der Waals surface area contributed by atoms with Gasteiger partial charge in [-0.3, -0.25) is 4.79 Å². The molecule has 1 saturated carbocycles. The van der Waals surface area contributed by atoms with E-state index in [0.29, 0.717) is 19.4 Å². The van der Waals surface area contributed by atoms with Crippen molar-refractivity contribution in [2.75, 3.05) is 6.54 Å². The number of nitrogens with one attached hydrogen (secondary N) is 1. The summed E-state index contributed by atoms with van der Waals surface area (Å²) in [5.74, 6) is -1.15. The first kappa shape index (κ1) is 17.5. The molecule has 0 saturated heterocycles. The predicted octanol–water partition coefficient (Wildman–Crippen LogP) is 2.02. The molecule has 0 bridgehead atoms. The average molecular weight is 318 g/mol. The molecule has 0 aliphatic heterocycles. The quantitative estimate of drug-likeness (QED) is 0.717. The van der Waals surface area contributed by atoms with E-state index < -0.39 is 17.4 Å². The summed E-state index contributed by atoms with van der Waals surface area (Å²) in [7, 11) is 0. The van der Waals surface area contributed by atoms with Crippen molar-refractivity contribution in [3.05, 3.63) is 35.4 Å². The number of hydrogen-bond donors (Lipinski definition) is 3. The molecule has 0 spiro atoms. The van der Waals surface area contributed by atoms with Crippen LogP contribution in [0, 0.1) is 12.3 Å². The summed E-state index contributed by atoms with van der Waals surface area (Å²) in [5.41, 5.74) is 7.21. The lowest BCUT2D eigenvalue weighted by atomic mass is 9.81. The number of carboxylic acids is 1. The van der Waals surface area contributed by atoms with Crippen LogP contribution in [-0.4, -0.2) is 29.6 Å². The van der Waals surface area contributed by atoms with Gasteiger partial charge in [-0.2, -0.15) is 0 Å². The van der Waals surface area contributed by atoms with Crippen LogP contribution in [-0.2, 0) is 16.0 Å². The molecule has 1 aromatic carbocycles. The first-order valence-electron chi connectivity index (χ1n) is 8.26. The van der Waals surface area contributed by atoms with Crippen molar-refractivity contribution >= 4 is 11.9 Å². The van der Waals surface area contributed by atoms with Gasteiger partial charge in [0.05, 0.1) is 5.41 Å². The minimum absolute atomic E-state index is 0.153. The summed E-state index contributed by atoms with van der Waals surface area (Å²) in [6.07, 6.45) is 4.52. The Bertz CT molecular complexity index is 548. The molecule has 1 aliphatic carbocycles. The predicted molar refractivity (Wildman–Crippen MR) is 89.0 cm³/mol. The van der Waals surface area contributed by atoms with Gasteiger partial charge in [0, 0.05) is 6.42 Å². The van der Waals surface area contributed by atoms with Crippen molar-refractivity contribution in [2.45, 2.75) is 51.5 Å². The number of aryl methyl sites for hydroxylation is 1. The molecule has 1 aromatic rings. The van der Waals surface area contributed by atoms with Crippen molar-refractivity contribution in [1.29, 1.82) is 0 Å². The SMILES string of the molecule is Cc1ccc(CC(NC(=O)C2(CCN)CCCC2)C(=O)O)cc1. The number of hydrogen-bond acceptors (Lipinski definition) is 3. The molecule has 1 aliphatic rings. The minimum Gasteiger partial charge on any atom is -0.480 e. The van der Waals surface area contributed by atoms with Gasteiger partial charge < -0.3 is 16.2 Å². The van der Waals surface area contributed by atoms with Gasteiger partial charge in [0.1, 0.15) is 6.04 Å². The molecule has 5 nitrogen and oxygen atoms in total. The Morgan fingerprint density at radius 1 is 1.26 bits per heavy atom. The molecule has 126 valence electrons. The van der Waals surface area contributed by atoms with Crippen LogP contribution in [0.2, 0.25) is 0 Å². The van der Waals surface area contributed by atoms with Crippen molar-refractivity contribution in [3.63, 3.8) is 0 Å². The second-order valence-electron chi connectivity index (χ2n) is 6.58. The zero-order chi connectivity index (χ0) is 16.9. The summed E-state index contributed by atoms with van der Waals surface area (Å²) < 4.78 is 0. The highest BCUT2D eigenvalue weighted by Gasteiger charge is 2.41. The molecule has 1 amide bonds. The third-order valence-electron chi connectivity index (χ3n) is 4.83. The van der Waals surface area contributed by atoms with E-state index in [1.54, 1.807) is 0 Å². The fourth-order valence-corrected chi connectivity index (χ4v) is 3.39. The topological polar surface area (TPSA) is 92.4 Å². The molecule has 0 heterocycles. The van der Waals surface area contributed by atoms with Crippen LogP contribution >= 0.6 is 0 Å². The summed E-state index contributed by atoms with van der Waals surface area (Å²) in [5, 5.41) is 12.2. The summed E-state index contributed by atoms with van der Waals surface area (Å²) in [4.78, 5) is 24.2. The van der Waals surface area contributed by atoms with Gasteiger partial charge in [0.25, 0.3) is 0 Å². The maximum Gasteiger partial charge on any atom is 0.326 e. The zero-order valence-electron chi connectivity index (χ0n) is 13.7. The molecular weight excluding hydrogens is 292 g/mol. The maximum atomic E-state index is 12.7. The van der Waals surface area contributed by atoms with Crippen LogP contribution in [0.5, 0.6) is 0 Å². The Morgan fingerprint density at radius 3 is 2.39 bits per heavy atom. The van der Waals surface area contributed by atoms with Crippen LogP contribution in [0.15, 0.2) is 24.3 Å². The highest BCUT2D eigenvalue weighted by atomic mass is 16.4. The van der Waals surface area contributed by atoms with Crippen molar-refractivity contribution in [1.82, 2.24) is 5.32 Å². The van der Waals surface area contributed by atoms with Gasteiger partial charge in [-0.05, 0) is 38.3 Å². The molecule has 0 radical (unpaired) electrons. The van der Waals surface area contributed by atoms with Crippen LogP contribution < -0.4 is 11.1 Å². The number of rotatable bonds is 7. The smallest absolute Gasteiger partial charge is 0.326 e. The molecule has 5 heteroatoms. The number of nitrogens with two attached hydrogens (primary N) is 1. The fourth-order valence-electron chi connectivity index (χ4n) is 3.39. The molecule has 4 N–H and O–H groups in total. The normalized spacial score (nSPS) is 17.7. The lowest BCUT2D eigenvalue weighted by Crippen LogP contribution is -2.49. The van der Waals surface area contributed by atoms with Gasteiger partial charge in [0.15, 0.2) is 0 Å². The van der Waals surface area contributed by atoms with Crippen LogP contribution in [0.4, 0.5) is 0 Å². The lowest BCUT2D eigenvalue weighted by Gasteiger charge is -2.29. The van der Waals surface area contributed by atoms with Gasteiger partial charge in [-0.25, -0.2) is 4.79 Å². The second-order valence-corrected chi connectivity index (χ2v) is 6.58. The minimum atomic E-state index is -1.00. The Labute approximate surface area is 137 Å². The molecule has 1 unspecified atom stereocenters.